The maximum Gasteiger partial charge on any atom is 0.223 e. The fourth-order valence-corrected chi connectivity index (χ4v) is 3.47. The highest BCUT2D eigenvalue weighted by atomic mass is 16.3. The quantitative estimate of drug-likeness (QED) is 0.686. The molecule has 0 saturated carbocycles. The Bertz CT molecular complexity index is 598. The number of rotatable bonds is 4. The lowest BCUT2D eigenvalue weighted by atomic mass is 9.88. The zero-order valence-corrected chi connectivity index (χ0v) is 13.3. The molecule has 0 bridgehead atoms. The van der Waals surface area contributed by atoms with E-state index in [1.807, 2.05) is 4.90 Å². The molecule has 1 N–H and O–H groups in total. The predicted octanol–water partition coefficient (Wildman–Crippen LogP) is 3.17. The molecule has 23 heavy (non-hydrogen) atoms. The number of nitrogens with zero attached hydrogens (tertiary/aromatic N) is 1. The largest absolute Gasteiger partial charge is 0.508 e. The van der Waals surface area contributed by atoms with Gasteiger partial charge in [-0.15, -0.1) is 0 Å². The van der Waals surface area contributed by atoms with Crippen molar-refractivity contribution in [1.82, 2.24) is 4.90 Å². The fraction of sp³-hybridized carbons (Fsp3) is 0.474. The molecule has 4 heteroatoms. The highest BCUT2D eigenvalue weighted by Gasteiger charge is 2.28. The van der Waals surface area contributed by atoms with Crippen LogP contribution in [0, 0.1) is 11.8 Å². The van der Waals surface area contributed by atoms with E-state index in [1.54, 1.807) is 24.3 Å². The predicted molar refractivity (Wildman–Crippen MR) is 88.2 cm³/mol. The summed E-state index contributed by atoms with van der Waals surface area (Å²) in [4.78, 5) is 26.7. The molecule has 1 saturated heterocycles. The Labute approximate surface area is 136 Å². The van der Waals surface area contributed by atoms with Crippen LogP contribution in [0.1, 0.15) is 42.5 Å². The summed E-state index contributed by atoms with van der Waals surface area (Å²) in [6.45, 7) is 1.34. The molecule has 1 amide bonds. The van der Waals surface area contributed by atoms with E-state index in [2.05, 4.69) is 12.2 Å². The monoisotopic (exact) mass is 313 g/mol. The number of allylic oxidation sites excluding steroid dienone is 2. The molecule has 1 atom stereocenters. The molecular formula is C19H23NO3. The van der Waals surface area contributed by atoms with Crippen LogP contribution in [0.4, 0.5) is 0 Å². The number of phenols is 1. The maximum atomic E-state index is 12.5. The van der Waals surface area contributed by atoms with Gasteiger partial charge in [0.25, 0.3) is 0 Å². The summed E-state index contributed by atoms with van der Waals surface area (Å²) in [6.07, 6.45) is 8.53. The van der Waals surface area contributed by atoms with Gasteiger partial charge in [0, 0.05) is 31.0 Å². The molecule has 1 aromatic carbocycles. The van der Waals surface area contributed by atoms with Crippen molar-refractivity contribution in [1.29, 1.82) is 0 Å². The van der Waals surface area contributed by atoms with Gasteiger partial charge in [0.2, 0.25) is 5.91 Å². The van der Waals surface area contributed by atoms with Gasteiger partial charge >= 0.3 is 0 Å². The molecule has 3 rings (SSSR count). The van der Waals surface area contributed by atoms with Crippen molar-refractivity contribution in [2.45, 2.75) is 32.1 Å². The normalized spacial score (nSPS) is 21.6. The zero-order chi connectivity index (χ0) is 16.2. The second-order valence-corrected chi connectivity index (χ2v) is 6.54. The molecule has 122 valence electrons. The standard InChI is InChI=1S/C19H23NO3/c21-17-7-5-15(6-8-17)19(23)16-9-11-20(12-10-16)18(22)13-14-3-1-2-4-14/h1,3,5-8,14,16,21H,2,4,9-13H2/t14-/m1/s1. The summed E-state index contributed by atoms with van der Waals surface area (Å²) in [6, 6.07) is 6.42. The van der Waals surface area contributed by atoms with Crippen LogP contribution in [0.3, 0.4) is 0 Å². The van der Waals surface area contributed by atoms with Gasteiger partial charge in [-0.25, -0.2) is 0 Å². The molecule has 0 unspecified atom stereocenters. The molecule has 0 aromatic heterocycles. The van der Waals surface area contributed by atoms with Crippen molar-refractivity contribution in [3.63, 3.8) is 0 Å². The number of benzene rings is 1. The SMILES string of the molecule is O=C(c1ccc(O)cc1)C1CCN(C(=O)C[C@@H]2C=CCC2)CC1. The van der Waals surface area contributed by atoms with Crippen molar-refractivity contribution >= 4 is 11.7 Å². The zero-order valence-electron chi connectivity index (χ0n) is 13.3. The molecule has 1 aliphatic carbocycles. The minimum absolute atomic E-state index is 0.0185. The summed E-state index contributed by atoms with van der Waals surface area (Å²) in [5, 5.41) is 9.30. The topological polar surface area (TPSA) is 57.6 Å². The first-order valence-corrected chi connectivity index (χ1v) is 8.41. The van der Waals surface area contributed by atoms with Crippen LogP contribution in [0.25, 0.3) is 0 Å². The smallest absolute Gasteiger partial charge is 0.223 e. The minimum Gasteiger partial charge on any atom is -0.508 e. The highest BCUT2D eigenvalue weighted by molar-refractivity contribution is 5.98. The molecule has 0 radical (unpaired) electrons. The number of hydrogen-bond donors (Lipinski definition) is 1. The van der Waals surface area contributed by atoms with Crippen LogP contribution in [-0.4, -0.2) is 34.8 Å². The van der Waals surface area contributed by atoms with E-state index in [1.165, 1.54) is 0 Å². The molecule has 1 aliphatic heterocycles. The molecule has 1 aromatic rings. The number of ketones is 1. The lowest BCUT2D eigenvalue weighted by Gasteiger charge is -2.32. The van der Waals surface area contributed by atoms with Crippen molar-refractivity contribution in [3.05, 3.63) is 42.0 Å². The van der Waals surface area contributed by atoms with Gasteiger partial charge in [0.05, 0.1) is 0 Å². The van der Waals surface area contributed by atoms with Crippen LogP contribution < -0.4 is 0 Å². The summed E-state index contributed by atoms with van der Waals surface area (Å²) in [5.41, 5.74) is 0.642. The number of likely N-dealkylation sites (tertiary alicyclic amines) is 1. The Kier molecular flexibility index (Phi) is 4.79. The Morgan fingerprint density at radius 2 is 1.78 bits per heavy atom. The maximum absolute atomic E-state index is 12.5. The third-order valence-electron chi connectivity index (χ3n) is 4.92. The molecule has 0 spiro atoms. The van der Waals surface area contributed by atoms with Gasteiger partial charge in [-0.1, -0.05) is 12.2 Å². The number of piperidine rings is 1. The Morgan fingerprint density at radius 1 is 1.09 bits per heavy atom. The van der Waals surface area contributed by atoms with Gasteiger partial charge in [0.1, 0.15) is 5.75 Å². The number of carbonyl (C=O) groups excluding carboxylic acids is 2. The van der Waals surface area contributed by atoms with Gasteiger partial charge < -0.3 is 10.0 Å². The average molecular weight is 313 g/mol. The van der Waals surface area contributed by atoms with E-state index in [9.17, 15) is 14.7 Å². The van der Waals surface area contributed by atoms with Crippen LogP contribution in [0.2, 0.25) is 0 Å². The molecule has 1 heterocycles. The lowest BCUT2D eigenvalue weighted by molar-refractivity contribution is -0.133. The van der Waals surface area contributed by atoms with Crippen LogP contribution >= 0.6 is 0 Å². The van der Waals surface area contributed by atoms with Crippen molar-refractivity contribution < 1.29 is 14.7 Å². The van der Waals surface area contributed by atoms with Crippen LogP contribution in [0.5, 0.6) is 5.75 Å². The summed E-state index contributed by atoms with van der Waals surface area (Å²) >= 11 is 0. The Balaban J connectivity index is 1.51. The van der Waals surface area contributed by atoms with Crippen molar-refractivity contribution in [3.8, 4) is 5.75 Å². The molecule has 4 nitrogen and oxygen atoms in total. The van der Waals surface area contributed by atoms with Gasteiger partial charge in [-0.2, -0.15) is 0 Å². The second-order valence-electron chi connectivity index (χ2n) is 6.54. The minimum atomic E-state index is -0.0185. The third kappa shape index (κ3) is 3.81. The van der Waals surface area contributed by atoms with E-state index in [0.29, 0.717) is 31.0 Å². The first kappa shape index (κ1) is 15.8. The number of amides is 1. The van der Waals surface area contributed by atoms with Crippen LogP contribution in [0.15, 0.2) is 36.4 Å². The number of carbonyl (C=O) groups is 2. The van der Waals surface area contributed by atoms with E-state index in [0.717, 1.165) is 25.7 Å². The van der Waals surface area contributed by atoms with Crippen molar-refractivity contribution in [2.24, 2.45) is 11.8 Å². The molecule has 2 aliphatic rings. The van der Waals surface area contributed by atoms with Gasteiger partial charge in [0.15, 0.2) is 5.78 Å². The average Bonchev–Trinajstić information content (AvgIpc) is 3.08. The molecular weight excluding hydrogens is 290 g/mol. The highest BCUT2D eigenvalue weighted by Crippen LogP contribution is 2.25. The van der Waals surface area contributed by atoms with Gasteiger partial charge in [-0.05, 0) is 55.9 Å². The van der Waals surface area contributed by atoms with Crippen molar-refractivity contribution in [2.75, 3.05) is 13.1 Å². The Morgan fingerprint density at radius 3 is 2.39 bits per heavy atom. The van der Waals surface area contributed by atoms with E-state index in [4.69, 9.17) is 0 Å². The molecule has 1 fully saturated rings. The number of hydrogen-bond acceptors (Lipinski definition) is 3. The third-order valence-corrected chi connectivity index (χ3v) is 4.92. The Hall–Kier alpha value is -2.10. The lowest BCUT2D eigenvalue weighted by Crippen LogP contribution is -2.40. The summed E-state index contributed by atoms with van der Waals surface area (Å²) < 4.78 is 0. The van der Waals surface area contributed by atoms with E-state index in [-0.39, 0.29) is 23.4 Å². The number of aromatic hydroxyl groups is 1. The fourth-order valence-electron chi connectivity index (χ4n) is 3.47. The summed E-state index contributed by atoms with van der Waals surface area (Å²) in [5.74, 6) is 0.893. The first-order valence-electron chi connectivity index (χ1n) is 8.41. The second kappa shape index (κ2) is 6.99. The summed E-state index contributed by atoms with van der Waals surface area (Å²) in [7, 11) is 0. The van der Waals surface area contributed by atoms with E-state index >= 15 is 0 Å². The number of phenolic OH excluding ortho intramolecular Hbond substituents is 1. The van der Waals surface area contributed by atoms with Crippen LogP contribution in [-0.2, 0) is 4.79 Å². The number of Topliss-reactive ketones (excluding diaryl/α,β-unsaturated/α-hetero) is 1. The van der Waals surface area contributed by atoms with Gasteiger partial charge in [-0.3, -0.25) is 9.59 Å². The van der Waals surface area contributed by atoms with E-state index < -0.39 is 0 Å². The first-order chi connectivity index (χ1) is 11.1.